The van der Waals surface area contributed by atoms with Crippen molar-refractivity contribution in [3.63, 3.8) is 0 Å². The lowest BCUT2D eigenvalue weighted by Gasteiger charge is -2.21. The van der Waals surface area contributed by atoms with Gasteiger partial charge in [-0.25, -0.2) is 4.79 Å². The maximum absolute atomic E-state index is 12.7. The van der Waals surface area contributed by atoms with Gasteiger partial charge in [-0.3, -0.25) is 24.0 Å². The molecule has 7 heteroatoms. The highest BCUT2D eigenvalue weighted by Gasteiger charge is 2.31. The van der Waals surface area contributed by atoms with Gasteiger partial charge in [-0.15, -0.1) is 6.42 Å². The van der Waals surface area contributed by atoms with Gasteiger partial charge in [-0.1, -0.05) is 23.8 Å². The lowest BCUT2D eigenvalue weighted by molar-refractivity contribution is -0.135. The summed E-state index contributed by atoms with van der Waals surface area (Å²) >= 11 is 0. The summed E-state index contributed by atoms with van der Waals surface area (Å²) in [4.78, 5) is 36.3. The molecule has 0 spiro atoms. The number of piperidine rings is 1. The molecular weight excluding hydrogens is 334 g/mol. The molecule has 7 nitrogen and oxygen atoms in total. The number of ether oxygens (including phenoxy) is 1. The molecule has 1 unspecified atom stereocenters. The largest absolute Gasteiger partial charge is 0.356 e. The van der Waals surface area contributed by atoms with Crippen LogP contribution in [0.5, 0.6) is 0 Å². The Morgan fingerprint density at radius 2 is 2.12 bits per heavy atom. The van der Waals surface area contributed by atoms with Gasteiger partial charge in [-0.05, 0) is 18.6 Å². The number of fused-ring (bicyclic) bond motifs is 1. The Morgan fingerprint density at radius 1 is 1.31 bits per heavy atom. The van der Waals surface area contributed by atoms with E-state index in [1.807, 2.05) is 0 Å². The molecule has 1 N–H and O–H groups in total. The summed E-state index contributed by atoms with van der Waals surface area (Å²) in [5, 5.41) is 2.29. The number of amides is 2. The molecule has 1 saturated heterocycles. The third-order valence-electron chi connectivity index (χ3n) is 4.21. The molecule has 0 bridgehead atoms. The summed E-state index contributed by atoms with van der Waals surface area (Å²) in [5.74, 6) is 7.41. The Balaban J connectivity index is 2.05. The topological polar surface area (TPSA) is 82.3 Å². The number of hydrogen-bond acceptors (Lipinski definition) is 4. The third-order valence-corrected chi connectivity index (χ3v) is 4.21. The molecule has 2 amide bonds. The van der Waals surface area contributed by atoms with Crippen molar-refractivity contribution in [1.29, 1.82) is 0 Å². The number of benzene rings is 1. The Labute approximate surface area is 149 Å². The first kappa shape index (κ1) is 17.5. The molecule has 26 heavy (non-hydrogen) atoms. The Morgan fingerprint density at radius 3 is 2.85 bits per heavy atom. The van der Waals surface area contributed by atoms with Crippen molar-refractivity contribution in [2.75, 3.05) is 13.2 Å². The summed E-state index contributed by atoms with van der Waals surface area (Å²) in [7, 11) is 1.63. The average molecular weight is 351 g/mol. The van der Waals surface area contributed by atoms with Crippen molar-refractivity contribution in [2.24, 2.45) is 7.05 Å². The van der Waals surface area contributed by atoms with E-state index in [0.29, 0.717) is 23.0 Å². The van der Waals surface area contributed by atoms with Gasteiger partial charge in [0.15, 0.2) is 0 Å². The number of nitrogens with zero attached hydrogens (tertiary/aromatic N) is 2. The number of aromatic nitrogens is 2. The van der Waals surface area contributed by atoms with Crippen LogP contribution in [0.3, 0.4) is 0 Å². The van der Waals surface area contributed by atoms with Crippen LogP contribution in [-0.2, 0) is 21.4 Å². The van der Waals surface area contributed by atoms with E-state index in [2.05, 4.69) is 23.1 Å². The number of para-hydroxylation sites is 1. The molecule has 0 radical (unpaired) electrons. The Hall–Kier alpha value is -3.29. The minimum atomic E-state index is -0.717. The standard InChI is InChI=1S/C19H17N3O4/c1-3-11-26-12-5-7-13-6-4-8-14-17(13)21(2)19(25)22(14)15-9-10-16(23)20-18(15)24/h1,4,6,8,15H,9-12H2,2H3,(H,20,23,24). The minimum absolute atomic E-state index is 0.183. The quantitative estimate of drug-likeness (QED) is 0.490. The van der Waals surface area contributed by atoms with Crippen molar-refractivity contribution in [1.82, 2.24) is 14.5 Å². The highest BCUT2D eigenvalue weighted by Crippen LogP contribution is 2.24. The summed E-state index contributed by atoms with van der Waals surface area (Å²) < 4.78 is 8.02. The van der Waals surface area contributed by atoms with Crippen LogP contribution in [0.1, 0.15) is 24.4 Å². The number of hydrogen-bond donors (Lipinski definition) is 1. The van der Waals surface area contributed by atoms with E-state index in [0.717, 1.165) is 0 Å². The van der Waals surface area contributed by atoms with Crippen LogP contribution in [0.2, 0.25) is 0 Å². The van der Waals surface area contributed by atoms with E-state index in [4.69, 9.17) is 11.2 Å². The molecule has 0 saturated carbocycles. The monoisotopic (exact) mass is 351 g/mol. The van der Waals surface area contributed by atoms with Gasteiger partial charge in [-0.2, -0.15) is 0 Å². The zero-order valence-electron chi connectivity index (χ0n) is 14.2. The molecule has 1 aliphatic rings. The predicted octanol–water partition coefficient (Wildman–Crippen LogP) is 0.319. The number of rotatable bonds is 3. The highest BCUT2D eigenvalue weighted by atomic mass is 16.5. The number of imidazole rings is 1. The molecule has 2 aromatic rings. The maximum atomic E-state index is 12.7. The molecule has 1 aromatic heterocycles. The van der Waals surface area contributed by atoms with E-state index in [-0.39, 0.29) is 31.2 Å². The lowest BCUT2D eigenvalue weighted by atomic mass is 10.1. The van der Waals surface area contributed by atoms with Gasteiger partial charge < -0.3 is 4.74 Å². The van der Waals surface area contributed by atoms with Gasteiger partial charge in [0, 0.05) is 13.5 Å². The van der Waals surface area contributed by atoms with E-state index >= 15 is 0 Å². The first-order chi connectivity index (χ1) is 12.5. The summed E-state index contributed by atoms with van der Waals surface area (Å²) in [6.07, 6.45) is 5.60. The summed E-state index contributed by atoms with van der Waals surface area (Å²) in [6, 6.07) is 4.62. The molecule has 1 aliphatic heterocycles. The highest BCUT2D eigenvalue weighted by molar-refractivity contribution is 6.00. The van der Waals surface area contributed by atoms with Crippen molar-refractivity contribution in [3.8, 4) is 24.2 Å². The first-order valence-corrected chi connectivity index (χ1v) is 8.08. The van der Waals surface area contributed by atoms with Crippen molar-refractivity contribution in [2.45, 2.75) is 18.9 Å². The number of nitrogens with one attached hydrogen (secondary N) is 1. The Bertz CT molecular complexity index is 1040. The average Bonchev–Trinajstić information content (AvgIpc) is 2.87. The van der Waals surface area contributed by atoms with Crippen LogP contribution in [-0.4, -0.2) is 34.2 Å². The second-order valence-corrected chi connectivity index (χ2v) is 5.85. The zero-order chi connectivity index (χ0) is 18.7. The fourth-order valence-corrected chi connectivity index (χ4v) is 3.06. The minimum Gasteiger partial charge on any atom is -0.356 e. The van der Waals surface area contributed by atoms with Gasteiger partial charge in [0.05, 0.1) is 16.6 Å². The third kappa shape index (κ3) is 3.13. The SMILES string of the molecule is C#CCOCC#Cc1cccc2c1n(C)c(=O)n2C1CCC(=O)NC1=O. The van der Waals surface area contributed by atoms with Crippen LogP contribution in [0.15, 0.2) is 23.0 Å². The molecular formula is C19H17N3O4. The lowest BCUT2D eigenvalue weighted by Crippen LogP contribution is -2.44. The second kappa shape index (κ2) is 7.30. The van der Waals surface area contributed by atoms with Crippen LogP contribution in [0.25, 0.3) is 11.0 Å². The zero-order valence-corrected chi connectivity index (χ0v) is 14.2. The smallest absolute Gasteiger partial charge is 0.329 e. The van der Waals surface area contributed by atoms with E-state index in [9.17, 15) is 14.4 Å². The predicted molar refractivity (Wildman–Crippen MR) is 95.1 cm³/mol. The molecule has 1 atom stereocenters. The molecule has 1 aromatic carbocycles. The number of carbonyl (C=O) groups is 2. The summed E-state index contributed by atoms with van der Waals surface area (Å²) in [5.41, 5.74) is 1.56. The first-order valence-electron chi connectivity index (χ1n) is 8.08. The van der Waals surface area contributed by atoms with Gasteiger partial charge in [0.25, 0.3) is 0 Å². The molecule has 0 aliphatic carbocycles. The van der Waals surface area contributed by atoms with Crippen molar-refractivity contribution >= 4 is 22.8 Å². The van der Waals surface area contributed by atoms with E-state index < -0.39 is 11.9 Å². The normalized spacial score (nSPS) is 16.7. The fourth-order valence-electron chi connectivity index (χ4n) is 3.06. The van der Waals surface area contributed by atoms with Crippen LogP contribution in [0.4, 0.5) is 0 Å². The second-order valence-electron chi connectivity index (χ2n) is 5.85. The number of imide groups is 1. The van der Waals surface area contributed by atoms with Crippen molar-refractivity contribution in [3.05, 3.63) is 34.2 Å². The number of carbonyl (C=O) groups excluding carboxylic acids is 2. The molecule has 2 heterocycles. The van der Waals surface area contributed by atoms with Crippen LogP contribution in [0, 0.1) is 24.2 Å². The van der Waals surface area contributed by atoms with E-state index in [1.165, 1.54) is 9.13 Å². The molecule has 3 rings (SSSR count). The molecule has 1 fully saturated rings. The fraction of sp³-hybridized carbons (Fsp3) is 0.316. The number of aryl methyl sites for hydroxylation is 1. The van der Waals surface area contributed by atoms with Gasteiger partial charge in [0.1, 0.15) is 19.3 Å². The van der Waals surface area contributed by atoms with Crippen LogP contribution >= 0.6 is 0 Å². The van der Waals surface area contributed by atoms with Gasteiger partial charge >= 0.3 is 5.69 Å². The van der Waals surface area contributed by atoms with Gasteiger partial charge in [0.2, 0.25) is 11.8 Å². The summed E-state index contributed by atoms with van der Waals surface area (Å²) in [6.45, 7) is 0.367. The van der Waals surface area contributed by atoms with E-state index in [1.54, 1.807) is 25.2 Å². The maximum Gasteiger partial charge on any atom is 0.329 e. The van der Waals surface area contributed by atoms with Crippen LogP contribution < -0.4 is 11.0 Å². The molecule has 132 valence electrons. The Kier molecular flexibility index (Phi) is 4.92. The number of terminal acetylenes is 1. The van der Waals surface area contributed by atoms with Crippen molar-refractivity contribution < 1.29 is 14.3 Å².